The third kappa shape index (κ3) is 4.33. The molecular weight excluding hydrogens is 422 g/mol. The summed E-state index contributed by atoms with van der Waals surface area (Å²) in [6, 6.07) is 16.4. The highest BCUT2D eigenvalue weighted by molar-refractivity contribution is 7.99. The lowest BCUT2D eigenvalue weighted by Gasteiger charge is -2.21. The van der Waals surface area contributed by atoms with E-state index in [1.54, 1.807) is 23.1 Å². The average Bonchev–Trinajstić information content (AvgIpc) is 2.97. The number of hydrogen-bond donors (Lipinski definition) is 1. The first-order valence-corrected chi connectivity index (χ1v) is 12.5. The summed E-state index contributed by atoms with van der Waals surface area (Å²) in [5.74, 6) is -0.0551. The molecule has 1 aromatic heterocycles. The fourth-order valence-electron chi connectivity index (χ4n) is 4.06. The summed E-state index contributed by atoms with van der Waals surface area (Å²) in [5, 5.41) is 4.18. The molecule has 1 fully saturated rings. The van der Waals surface area contributed by atoms with Crippen molar-refractivity contribution in [2.24, 2.45) is 4.99 Å². The molecule has 2 aromatic carbocycles. The number of hydrogen-bond acceptors (Lipinski definition) is 5. The summed E-state index contributed by atoms with van der Waals surface area (Å²) in [6.07, 6.45) is 4.74. The molecule has 0 saturated carbocycles. The first-order valence-electron chi connectivity index (χ1n) is 10.8. The fourth-order valence-corrected chi connectivity index (χ4v) is 5.99. The molecule has 6 heteroatoms. The SMILES string of the molecule is Cc1ccsc1C1=Nc2cc(C(=O)NN3CCCCCC3)ccc2Sc2ccccc21. The van der Waals surface area contributed by atoms with Gasteiger partial charge in [0.1, 0.15) is 0 Å². The molecule has 0 radical (unpaired) electrons. The lowest BCUT2D eigenvalue weighted by molar-refractivity contribution is 0.0794. The monoisotopic (exact) mass is 447 g/mol. The predicted molar refractivity (Wildman–Crippen MR) is 129 cm³/mol. The molecule has 1 saturated heterocycles. The van der Waals surface area contributed by atoms with Crippen LogP contribution in [0.3, 0.4) is 0 Å². The number of aliphatic imine (C=N–C) groups is 1. The minimum atomic E-state index is -0.0551. The van der Waals surface area contributed by atoms with E-state index in [1.165, 1.54) is 28.2 Å². The zero-order chi connectivity index (χ0) is 21.2. The van der Waals surface area contributed by atoms with Crippen molar-refractivity contribution in [3.8, 4) is 0 Å². The van der Waals surface area contributed by atoms with Gasteiger partial charge in [-0.2, -0.15) is 0 Å². The van der Waals surface area contributed by atoms with E-state index < -0.39 is 0 Å². The first-order chi connectivity index (χ1) is 15.2. The van der Waals surface area contributed by atoms with Gasteiger partial charge in [0.2, 0.25) is 0 Å². The summed E-state index contributed by atoms with van der Waals surface area (Å²) in [7, 11) is 0. The smallest absolute Gasteiger partial charge is 0.265 e. The van der Waals surface area contributed by atoms with Gasteiger partial charge in [0.05, 0.1) is 16.3 Å². The molecule has 0 atom stereocenters. The molecule has 2 aliphatic rings. The second-order valence-electron chi connectivity index (χ2n) is 8.02. The lowest BCUT2D eigenvalue weighted by atomic mass is 10.1. The number of hydrazine groups is 1. The van der Waals surface area contributed by atoms with Gasteiger partial charge < -0.3 is 0 Å². The van der Waals surface area contributed by atoms with Gasteiger partial charge in [-0.15, -0.1) is 11.3 Å². The van der Waals surface area contributed by atoms with Crippen molar-refractivity contribution in [3.05, 3.63) is 75.5 Å². The number of fused-ring (bicyclic) bond motifs is 2. The van der Waals surface area contributed by atoms with Crippen LogP contribution in [0.1, 0.15) is 52.0 Å². The molecule has 1 amide bonds. The number of thiophene rings is 1. The third-order valence-electron chi connectivity index (χ3n) is 5.76. The van der Waals surface area contributed by atoms with Crippen molar-refractivity contribution in [3.63, 3.8) is 0 Å². The van der Waals surface area contributed by atoms with E-state index in [0.717, 1.165) is 47.8 Å². The summed E-state index contributed by atoms with van der Waals surface area (Å²) in [4.78, 5) is 21.5. The van der Waals surface area contributed by atoms with E-state index in [4.69, 9.17) is 4.99 Å². The van der Waals surface area contributed by atoms with Crippen LogP contribution in [0.2, 0.25) is 0 Å². The maximum absolute atomic E-state index is 13.0. The van der Waals surface area contributed by atoms with Gasteiger partial charge >= 0.3 is 0 Å². The van der Waals surface area contributed by atoms with Crippen LogP contribution in [0.15, 0.2) is 68.7 Å². The number of carbonyl (C=O) groups is 1. The van der Waals surface area contributed by atoms with Gasteiger partial charge in [0, 0.05) is 34.0 Å². The summed E-state index contributed by atoms with van der Waals surface area (Å²) < 4.78 is 0. The van der Waals surface area contributed by atoms with Crippen molar-refractivity contribution in [1.29, 1.82) is 0 Å². The normalized spacial score (nSPS) is 16.5. The minimum Gasteiger partial charge on any atom is -0.285 e. The van der Waals surface area contributed by atoms with E-state index in [0.29, 0.717) is 5.56 Å². The van der Waals surface area contributed by atoms with Crippen LogP contribution in [0.4, 0.5) is 5.69 Å². The average molecular weight is 448 g/mol. The van der Waals surface area contributed by atoms with Gasteiger partial charge in [-0.05, 0) is 61.0 Å². The lowest BCUT2D eigenvalue weighted by Crippen LogP contribution is -2.42. The van der Waals surface area contributed by atoms with Crippen molar-refractivity contribution in [2.75, 3.05) is 13.1 Å². The topological polar surface area (TPSA) is 44.7 Å². The van der Waals surface area contributed by atoms with Gasteiger partial charge in [-0.25, -0.2) is 10.0 Å². The van der Waals surface area contributed by atoms with Gasteiger partial charge in [0.15, 0.2) is 0 Å². The summed E-state index contributed by atoms with van der Waals surface area (Å²) in [5.41, 5.74) is 7.96. The standard InChI is InChI=1S/C25H25N3OS2/c1-17-12-15-30-24(17)23-19-8-4-5-9-21(19)31-22-11-10-18(16-20(22)26-23)25(29)27-28-13-6-2-3-7-14-28/h4-5,8-12,15-16H,2-3,6-7,13-14H2,1H3,(H,27,29). The second kappa shape index (κ2) is 8.99. The molecule has 0 bridgehead atoms. The quantitative estimate of drug-likeness (QED) is 0.406. The van der Waals surface area contributed by atoms with E-state index >= 15 is 0 Å². The van der Waals surface area contributed by atoms with Crippen LogP contribution in [0, 0.1) is 6.92 Å². The number of carbonyl (C=O) groups excluding carboxylic acids is 1. The van der Waals surface area contributed by atoms with E-state index in [-0.39, 0.29) is 5.91 Å². The van der Waals surface area contributed by atoms with Gasteiger partial charge in [-0.1, -0.05) is 42.8 Å². The Morgan fingerprint density at radius 1 is 1.00 bits per heavy atom. The Morgan fingerprint density at radius 2 is 1.81 bits per heavy atom. The molecule has 3 heterocycles. The maximum Gasteiger partial charge on any atom is 0.265 e. The Bertz CT molecular complexity index is 1140. The molecule has 0 aliphatic carbocycles. The Hall–Kier alpha value is -2.41. The second-order valence-corrected chi connectivity index (χ2v) is 10.0. The number of amides is 1. The predicted octanol–water partition coefficient (Wildman–Crippen LogP) is 6.21. The van der Waals surface area contributed by atoms with Crippen molar-refractivity contribution >= 4 is 40.4 Å². The molecule has 3 aromatic rings. The Balaban J connectivity index is 1.51. The first kappa shape index (κ1) is 20.5. The Kier molecular flexibility index (Phi) is 5.94. The molecule has 2 aliphatic heterocycles. The van der Waals surface area contributed by atoms with Crippen molar-refractivity contribution < 1.29 is 4.79 Å². The van der Waals surface area contributed by atoms with Crippen molar-refractivity contribution in [1.82, 2.24) is 10.4 Å². The highest BCUT2D eigenvalue weighted by Gasteiger charge is 2.22. The van der Waals surface area contributed by atoms with Crippen LogP contribution in [-0.4, -0.2) is 29.7 Å². The van der Waals surface area contributed by atoms with E-state index in [9.17, 15) is 4.79 Å². The number of nitrogens with zero attached hydrogens (tertiary/aromatic N) is 2. The molecule has 158 valence electrons. The largest absolute Gasteiger partial charge is 0.285 e. The maximum atomic E-state index is 13.0. The molecule has 0 unspecified atom stereocenters. The minimum absolute atomic E-state index is 0.0551. The van der Waals surface area contributed by atoms with Crippen LogP contribution in [0.25, 0.3) is 0 Å². The molecule has 5 rings (SSSR count). The number of benzene rings is 2. The highest BCUT2D eigenvalue weighted by atomic mass is 32.2. The van der Waals surface area contributed by atoms with Crippen LogP contribution < -0.4 is 5.43 Å². The Labute approximate surface area is 191 Å². The fraction of sp³-hybridized carbons (Fsp3) is 0.280. The van der Waals surface area contributed by atoms with Crippen molar-refractivity contribution in [2.45, 2.75) is 42.4 Å². The highest BCUT2D eigenvalue weighted by Crippen LogP contribution is 2.42. The Morgan fingerprint density at radius 3 is 2.58 bits per heavy atom. The molecular formula is C25H25N3OS2. The van der Waals surface area contributed by atoms with E-state index in [1.807, 2.05) is 18.2 Å². The molecule has 1 N–H and O–H groups in total. The summed E-state index contributed by atoms with van der Waals surface area (Å²) >= 11 is 3.43. The third-order valence-corrected chi connectivity index (χ3v) is 7.92. The van der Waals surface area contributed by atoms with Crippen LogP contribution in [0.5, 0.6) is 0 Å². The zero-order valence-corrected chi connectivity index (χ0v) is 19.2. The van der Waals surface area contributed by atoms with Crippen LogP contribution >= 0.6 is 23.1 Å². The number of aryl methyl sites for hydroxylation is 1. The summed E-state index contributed by atoms with van der Waals surface area (Å²) in [6.45, 7) is 3.96. The number of nitrogens with one attached hydrogen (secondary N) is 1. The molecule has 0 spiro atoms. The molecule has 31 heavy (non-hydrogen) atoms. The van der Waals surface area contributed by atoms with Gasteiger partial charge in [-0.3, -0.25) is 10.2 Å². The molecule has 4 nitrogen and oxygen atoms in total. The van der Waals surface area contributed by atoms with Crippen LogP contribution in [-0.2, 0) is 0 Å². The van der Waals surface area contributed by atoms with E-state index in [2.05, 4.69) is 53.1 Å². The number of rotatable bonds is 3. The zero-order valence-electron chi connectivity index (χ0n) is 17.6. The van der Waals surface area contributed by atoms with Gasteiger partial charge in [0.25, 0.3) is 5.91 Å².